The molecule has 0 aliphatic rings. The third-order valence-corrected chi connectivity index (χ3v) is 0.644. The summed E-state index contributed by atoms with van der Waals surface area (Å²) in [6, 6.07) is 0. The Morgan fingerprint density at radius 3 is 2.00 bits per heavy atom. The summed E-state index contributed by atoms with van der Waals surface area (Å²) in [6.45, 7) is 4.07. The van der Waals surface area contributed by atoms with Crippen LogP contribution < -0.4 is 0 Å². The lowest BCUT2D eigenvalue weighted by Gasteiger charge is -1.90. The van der Waals surface area contributed by atoms with Gasteiger partial charge in [0.2, 0.25) is 0 Å². The van der Waals surface area contributed by atoms with Gasteiger partial charge >= 0.3 is 0 Å². The van der Waals surface area contributed by atoms with Crippen LogP contribution in [0.2, 0.25) is 5.82 Å². The van der Waals surface area contributed by atoms with Gasteiger partial charge in [-0.3, -0.25) is 0 Å². The zero-order valence-corrected chi connectivity index (χ0v) is 3.86. The lowest BCUT2D eigenvalue weighted by atomic mass is 9.88. The summed E-state index contributed by atoms with van der Waals surface area (Å²) in [5, 5.41) is 0. The topological polar surface area (TPSA) is 0 Å². The molecule has 0 amide bonds. The van der Waals surface area contributed by atoms with Gasteiger partial charge in [0, 0.05) is 0 Å². The molecule has 0 N–H and O–H groups in total. The van der Waals surface area contributed by atoms with E-state index in [9.17, 15) is 0 Å². The summed E-state index contributed by atoms with van der Waals surface area (Å²) in [5.74, 6) is 0.384. The maximum absolute atomic E-state index is 5.29. The predicted octanol–water partition coefficient (Wildman–Crippen LogP) is 1.37. The molecule has 0 bridgehead atoms. The molecule has 0 saturated heterocycles. The van der Waals surface area contributed by atoms with Gasteiger partial charge < -0.3 is 0 Å². The van der Waals surface area contributed by atoms with Crippen LogP contribution in [0.1, 0.15) is 20.3 Å². The Balaban J connectivity index is 2.54. The van der Waals surface area contributed by atoms with E-state index in [4.69, 9.17) is 7.85 Å². The first-order valence-corrected chi connectivity index (χ1v) is 2.03. The van der Waals surface area contributed by atoms with Crippen molar-refractivity contribution in [3.63, 3.8) is 0 Å². The second-order valence-corrected chi connectivity index (χ2v) is 1.39. The summed E-state index contributed by atoms with van der Waals surface area (Å²) in [5.41, 5.74) is 0. The van der Waals surface area contributed by atoms with Gasteiger partial charge in [-0.05, 0) is 0 Å². The molecule has 0 fully saturated rings. The van der Waals surface area contributed by atoms with Crippen molar-refractivity contribution in [2.24, 2.45) is 0 Å². The third-order valence-electron chi connectivity index (χ3n) is 0.644. The van der Waals surface area contributed by atoms with E-state index >= 15 is 0 Å². The Hall–Kier alpha value is 0.0649. The lowest BCUT2D eigenvalue weighted by molar-refractivity contribution is 0.880. The van der Waals surface area contributed by atoms with Crippen LogP contribution in [0.5, 0.6) is 0 Å². The van der Waals surface area contributed by atoms with Crippen LogP contribution >= 0.6 is 0 Å². The fourth-order valence-electron chi connectivity index (χ4n) is 0. The standard InChI is InChI=1S/C4H9B/c1-3-4(2)5/h4H,3H2,1-2H3/t4-/m0/s1. The largest absolute Gasteiger partial charge is 0.0804 e. The minimum Gasteiger partial charge on any atom is -0.0804 e. The highest BCUT2D eigenvalue weighted by atomic mass is 13.8. The first-order valence-electron chi connectivity index (χ1n) is 2.03. The van der Waals surface area contributed by atoms with Crippen molar-refractivity contribution in [3.8, 4) is 0 Å². The zero-order valence-electron chi connectivity index (χ0n) is 3.86. The van der Waals surface area contributed by atoms with Crippen LogP contribution in [0.4, 0.5) is 0 Å². The molecule has 0 aromatic rings. The summed E-state index contributed by atoms with van der Waals surface area (Å²) >= 11 is 0. The second-order valence-electron chi connectivity index (χ2n) is 1.39. The number of hydrogen-bond donors (Lipinski definition) is 0. The lowest BCUT2D eigenvalue weighted by Crippen LogP contribution is -1.76. The van der Waals surface area contributed by atoms with Gasteiger partial charge in [0.15, 0.2) is 0 Å². The van der Waals surface area contributed by atoms with Gasteiger partial charge in [-0.1, -0.05) is 26.1 Å². The molecule has 0 aliphatic heterocycles. The molecule has 0 aromatic heterocycles. The zero-order chi connectivity index (χ0) is 4.28. The van der Waals surface area contributed by atoms with Gasteiger partial charge in [-0.25, -0.2) is 0 Å². The molecule has 1 heteroatoms. The second kappa shape index (κ2) is 2.31. The van der Waals surface area contributed by atoms with Gasteiger partial charge in [0.25, 0.3) is 0 Å². The fourth-order valence-corrected chi connectivity index (χ4v) is 0. The van der Waals surface area contributed by atoms with Crippen LogP contribution in [-0.2, 0) is 0 Å². The highest BCUT2D eigenvalue weighted by Gasteiger charge is 1.80. The molecular formula is C4H9B. The molecule has 0 unspecified atom stereocenters. The van der Waals surface area contributed by atoms with E-state index in [0.29, 0.717) is 5.82 Å². The average molecular weight is 67.9 g/mol. The average Bonchev–Trinajstić information content (AvgIpc) is 1.38. The molecule has 0 aromatic carbocycles. The molecule has 0 nitrogen and oxygen atoms in total. The van der Waals surface area contributed by atoms with Crippen molar-refractivity contribution in [3.05, 3.63) is 0 Å². The minimum atomic E-state index is 0.384. The van der Waals surface area contributed by atoms with Gasteiger partial charge in [0.1, 0.15) is 0 Å². The normalized spacial score (nSPS) is 14.8. The van der Waals surface area contributed by atoms with Crippen molar-refractivity contribution >= 4 is 7.85 Å². The Bertz CT molecular complexity index is 17.6. The smallest absolute Gasteiger partial charge is 0.0695 e. The van der Waals surface area contributed by atoms with E-state index in [1.807, 2.05) is 6.92 Å². The minimum absolute atomic E-state index is 0.384. The summed E-state index contributed by atoms with van der Waals surface area (Å²) in [6.07, 6.45) is 1.08. The van der Waals surface area contributed by atoms with Crippen LogP contribution in [-0.4, -0.2) is 7.85 Å². The number of rotatable bonds is 1. The van der Waals surface area contributed by atoms with E-state index in [-0.39, 0.29) is 0 Å². The van der Waals surface area contributed by atoms with Gasteiger partial charge in [-0.2, -0.15) is 0 Å². The molecule has 0 heterocycles. The molecule has 28 valence electrons. The van der Waals surface area contributed by atoms with Crippen LogP contribution in [0.25, 0.3) is 0 Å². The van der Waals surface area contributed by atoms with Crippen LogP contribution in [0, 0.1) is 0 Å². The Kier molecular flexibility index (Phi) is 2.34. The first-order chi connectivity index (χ1) is 2.27. The van der Waals surface area contributed by atoms with Crippen LogP contribution in [0.3, 0.4) is 0 Å². The van der Waals surface area contributed by atoms with Crippen molar-refractivity contribution in [2.75, 3.05) is 0 Å². The van der Waals surface area contributed by atoms with Crippen molar-refractivity contribution in [1.82, 2.24) is 0 Å². The van der Waals surface area contributed by atoms with Crippen LogP contribution in [0.15, 0.2) is 0 Å². The van der Waals surface area contributed by atoms with E-state index in [1.54, 1.807) is 0 Å². The van der Waals surface area contributed by atoms with Gasteiger partial charge in [0.05, 0.1) is 7.85 Å². The maximum atomic E-state index is 5.29. The quantitative estimate of drug-likeness (QED) is 0.407. The highest BCUT2D eigenvalue weighted by Crippen LogP contribution is 1.97. The third kappa shape index (κ3) is 4.06. The first kappa shape index (κ1) is 5.06. The molecule has 0 saturated carbocycles. The van der Waals surface area contributed by atoms with Crippen molar-refractivity contribution < 1.29 is 0 Å². The molecule has 0 rings (SSSR count). The highest BCUT2D eigenvalue weighted by molar-refractivity contribution is 6.11. The van der Waals surface area contributed by atoms with E-state index < -0.39 is 0 Å². The van der Waals surface area contributed by atoms with E-state index in [2.05, 4.69) is 6.92 Å². The van der Waals surface area contributed by atoms with E-state index in [1.165, 1.54) is 0 Å². The fraction of sp³-hybridized carbons (Fsp3) is 1.00. The Labute approximate surface area is 35.0 Å². The predicted molar refractivity (Wildman–Crippen MR) is 25.5 cm³/mol. The van der Waals surface area contributed by atoms with Gasteiger partial charge in [-0.15, -0.1) is 0 Å². The summed E-state index contributed by atoms with van der Waals surface area (Å²) < 4.78 is 0. The molecule has 5 heavy (non-hydrogen) atoms. The summed E-state index contributed by atoms with van der Waals surface area (Å²) in [4.78, 5) is 0. The Morgan fingerprint density at radius 1 is 1.80 bits per heavy atom. The molecule has 2 radical (unpaired) electrons. The number of hydrogen-bond acceptors (Lipinski definition) is 0. The van der Waals surface area contributed by atoms with Crippen molar-refractivity contribution in [2.45, 2.75) is 26.1 Å². The Morgan fingerprint density at radius 2 is 2.00 bits per heavy atom. The molecular weight excluding hydrogens is 58.9 g/mol. The monoisotopic (exact) mass is 68.1 g/mol. The molecule has 0 aliphatic carbocycles. The van der Waals surface area contributed by atoms with Crippen molar-refractivity contribution in [1.29, 1.82) is 0 Å². The maximum Gasteiger partial charge on any atom is 0.0695 e. The van der Waals surface area contributed by atoms with E-state index in [0.717, 1.165) is 6.42 Å². The SMILES string of the molecule is [B][C@@H](C)CC. The molecule has 0 spiro atoms. The summed E-state index contributed by atoms with van der Waals surface area (Å²) in [7, 11) is 5.29. The molecule has 1 atom stereocenters.